The quantitative estimate of drug-likeness (QED) is 0.360. The third-order valence-corrected chi connectivity index (χ3v) is 4.01. The second-order valence-electron chi connectivity index (χ2n) is 4.95. The van der Waals surface area contributed by atoms with E-state index in [1.807, 2.05) is 20.8 Å². The maximum atomic E-state index is 11.2. The fraction of sp³-hybridized carbons (Fsp3) is 0.833. The Kier molecular flexibility index (Phi) is 5.96. The minimum Gasteiger partial charge on any atom is -0.456 e. The van der Waals surface area contributed by atoms with E-state index in [1.54, 1.807) is 0 Å². The molecule has 0 spiro atoms. The Morgan fingerprint density at radius 3 is 2.15 bits per heavy atom. The molecule has 1 N–H and O–H groups in total. The molecule has 1 heterocycles. The van der Waals surface area contributed by atoms with Crippen LogP contribution >= 0.6 is 34.8 Å². The number of carbonyl (C=O) groups is 1. The standard InChI is InChI=1S/C12H18Cl3NO4/c1-5-6(2)9(19-8(4)17)10(18-7(5)3)20-11(16)12(13,14)15/h5-7,9-10,16H,1-4H3. The van der Waals surface area contributed by atoms with E-state index in [-0.39, 0.29) is 17.9 Å². The van der Waals surface area contributed by atoms with E-state index in [4.69, 9.17) is 54.4 Å². The SMILES string of the molecule is CC(=O)OC1C(OC(=N)C(Cl)(Cl)Cl)OC(C)C(C)C1C. The second kappa shape index (κ2) is 6.69. The van der Waals surface area contributed by atoms with E-state index in [2.05, 4.69) is 0 Å². The number of alkyl halides is 3. The largest absolute Gasteiger partial charge is 0.456 e. The van der Waals surface area contributed by atoms with Crippen LogP contribution < -0.4 is 0 Å². The van der Waals surface area contributed by atoms with Gasteiger partial charge in [0.05, 0.1) is 6.10 Å². The summed E-state index contributed by atoms with van der Waals surface area (Å²) >= 11 is 16.7. The number of rotatable bonds is 2. The van der Waals surface area contributed by atoms with Crippen molar-refractivity contribution in [1.82, 2.24) is 0 Å². The van der Waals surface area contributed by atoms with Crippen LogP contribution in [-0.4, -0.2) is 34.2 Å². The molecule has 1 aliphatic heterocycles. The molecule has 5 atom stereocenters. The predicted octanol–water partition coefficient (Wildman–Crippen LogP) is 3.30. The Morgan fingerprint density at radius 2 is 1.70 bits per heavy atom. The van der Waals surface area contributed by atoms with Gasteiger partial charge in [-0.05, 0) is 12.8 Å². The van der Waals surface area contributed by atoms with E-state index >= 15 is 0 Å². The van der Waals surface area contributed by atoms with Crippen molar-refractivity contribution in [3.05, 3.63) is 0 Å². The van der Waals surface area contributed by atoms with Gasteiger partial charge >= 0.3 is 5.97 Å². The zero-order valence-corrected chi connectivity index (χ0v) is 13.9. The Morgan fingerprint density at radius 1 is 1.15 bits per heavy atom. The average Bonchev–Trinajstić information content (AvgIpc) is 2.30. The highest BCUT2D eigenvalue weighted by atomic mass is 35.6. The fourth-order valence-corrected chi connectivity index (χ4v) is 2.15. The number of nitrogens with one attached hydrogen (secondary N) is 1. The van der Waals surface area contributed by atoms with Crippen LogP contribution in [-0.2, 0) is 19.0 Å². The predicted molar refractivity (Wildman–Crippen MR) is 77.3 cm³/mol. The van der Waals surface area contributed by atoms with Gasteiger partial charge in [0, 0.05) is 12.8 Å². The fourth-order valence-electron chi connectivity index (χ4n) is 2.02. The molecule has 0 aromatic heterocycles. The van der Waals surface area contributed by atoms with Gasteiger partial charge in [-0.2, -0.15) is 0 Å². The van der Waals surface area contributed by atoms with E-state index in [1.165, 1.54) is 6.92 Å². The number of hydrogen-bond donors (Lipinski definition) is 1. The lowest BCUT2D eigenvalue weighted by Gasteiger charge is -2.42. The van der Waals surface area contributed by atoms with Crippen molar-refractivity contribution in [2.24, 2.45) is 11.8 Å². The first kappa shape index (κ1) is 17.8. The minimum atomic E-state index is -1.99. The van der Waals surface area contributed by atoms with Gasteiger partial charge < -0.3 is 14.2 Å². The Balaban J connectivity index is 2.88. The third kappa shape index (κ3) is 4.38. The molecule has 0 bridgehead atoms. The first-order valence-electron chi connectivity index (χ1n) is 6.19. The Labute approximate surface area is 133 Å². The van der Waals surface area contributed by atoms with E-state index < -0.39 is 28.1 Å². The van der Waals surface area contributed by atoms with Crippen LogP contribution in [0.3, 0.4) is 0 Å². The lowest BCUT2D eigenvalue weighted by molar-refractivity contribution is -0.247. The molecular weight excluding hydrogens is 328 g/mol. The van der Waals surface area contributed by atoms with Crippen molar-refractivity contribution in [3.63, 3.8) is 0 Å². The van der Waals surface area contributed by atoms with Crippen molar-refractivity contribution in [2.45, 2.75) is 50.0 Å². The van der Waals surface area contributed by atoms with Crippen LogP contribution in [0.25, 0.3) is 0 Å². The monoisotopic (exact) mass is 345 g/mol. The normalized spacial score (nSPS) is 34.5. The van der Waals surface area contributed by atoms with Gasteiger partial charge in [-0.15, -0.1) is 0 Å². The summed E-state index contributed by atoms with van der Waals surface area (Å²) in [6.07, 6.45) is -1.76. The zero-order chi connectivity index (χ0) is 15.7. The molecular formula is C12H18Cl3NO4. The van der Waals surface area contributed by atoms with Crippen LogP contribution in [0, 0.1) is 17.2 Å². The zero-order valence-electron chi connectivity index (χ0n) is 11.7. The topological polar surface area (TPSA) is 68.6 Å². The van der Waals surface area contributed by atoms with Gasteiger partial charge in [0.25, 0.3) is 3.79 Å². The first-order chi connectivity index (χ1) is 9.04. The van der Waals surface area contributed by atoms with Crippen molar-refractivity contribution >= 4 is 46.7 Å². The van der Waals surface area contributed by atoms with Gasteiger partial charge in [-0.25, -0.2) is 0 Å². The summed E-state index contributed by atoms with van der Waals surface area (Å²) < 4.78 is 14.1. The second-order valence-corrected chi connectivity index (χ2v) is 7.23. The lowest BCUT2D eigenvalue weighted by Crippen LogP contribution is -2.52. The summed E-state index contributed by atoms with van der Waals surface area (Å²) in [6, 6.07) is 0. The van der Waals surface area contributed by atoms with Crippen LogP contribution in [0.5, 0.6) is 0 Å². The van der Waals surface area contributed by atoms with Crippen molar-refractivity contribution in [2.75, 3.05) is 0 Å². The molecule has 0 aromatic rings. The Bertz CT molecular complexity index is 385. The minimum absolute atomic E-state index is 0.0178. The summed E-state index contributed by atoms with van der Waals surface area (Å²) in [5.41, 5.74) is 0. The number of carbonyl (C=O) groups excluding carboxylic acids is 1. The number of esters is 1. The highest BCUT2D eigenvalue weighted by Gasteiger charge is 2.45. The maximum absolute atomic E-state index is 11.2. The molecule has 0 aromatic carbocycles. The molecule has 20 heavy (non-hydrogen) atoms. The van der Waals surface area contributed by atoms with Gasteiger partial charge in [-0.1, -0.05) is 48.7 Å². The summed E-state index contributed by atoms with van der Waals surface area (Å²) in [5.74, 6) is -0.892. The highest BCUT2D eigenvalue weighted by Crippen LogP contribution is 2.35. The van der Waals surface area contributed by atoms with Crippen molar-refractivity contribution < 1.29 is 19.0 Å². The van der Waals surface area contributed by atoms with Gasteiger partial charge in [0.1, 0.15) is 0 Å². The number of hydrogen-bond acceptors (Lipinski definition) is 5. The van der Waals surface area contributed by atoms with Crippen LogP contribution in [0.2, 0.25) is 0 Å². The number of ether oxygens (including phenoxy) is 3. The van der Waals surface area contributed by atoms with Gasteiger partial charge in [0.2, 0.25) is 12.2 Å². The molecule has 8 heteroatoms. The van der Waals surface area contributed by atoms with Gasteiger partial charge in [-0.3, -0.25) is 10.2 Å². The number of halogens is 3. The maximum Gasteiger partial charge on any atom is 0.303 e. The van der Waals surface area contributed by atoms with E-state index in [0.29, 0.717) is 0 Å². The highest BCUT2D eigenvalue weighted by molar-refractivity contribution is 6.76. The molecule has 1 aliphatic rings. The molecule has 116 valence electrons. The molecule has 5 nitrogen and oxygen atoms in total. The smallest absolute Gasteiger partial charge is 0.303 e. The van der Waals surface area contributed by atoms with Crippen molar-refractivity contribution in [1.29, 1.82) is 5.41 Å². The lowest BCUT2D eigenvalue weighted by atomic mass is 9.84. The molecule has 1 rings (SSSR count). The Hall–Kier alpha value is -0.230. The summed E-state index contributed by atoms with van der Waals surface area (Å²) in [5, 5.41) is 7.59. The average molecular weight is 347 g/mol. The van der Waals surface area contributed by atoms with Crippen LogP contribution in [0.1, 0.15) is 27.7 Å². The molecule has 1 fully saturated rings. The summed E-state index contributed by atoms with van der Waals surface area (Å²) in [4.78, 5) is 11.2. The van der Waals surface area contributed by atoms with E-state index in [0.717, 1.165) is 0 Å². The van der Waals surface area contributed by atoms with Crippen LogP contribution in [0.4, 0.5) is 0 Å². The van der Waals surface area contributed by atoms with E-state index in [9.17, 15) is 4.79 Å². The van der Waals surface area contributed by atoms with Crippen LogP contribution in [0.15, 0.2) is 0 Å². The summed E-state index contributed by atoms with van der Waals surface area (Å²) in [7, 11) is 0. The molecule has 0 aliphatic carbocycles. The molecule has 1 saturated heterocycles. The molecule has 5 unspecified atom stereocenters. The summed E-state index contributed by atoms with van der Waals surface area (Å²) in [6.45, 7) is 7.09. The molecule has 0 saturated carbocycles. The molecule has 0 amide bonds. The third-order valence-electron chi connectivity index (χ3n) is 3.50. The van der Waals surface area contributed by atoms with Gasteiger partial charge in [0.15, 0.2) is 6.10 Å². The van der Waals surface area contributed by atoms with Crippen molar-refractivity contribution in [3.8, 4) is 0 Å². The first-order valence-corrected chi connectivity index (χ1v) is 7.32. The molecule has 0 radical (unpaired) electrons.